The number of esters is 1. The number of nitrogens with two attached hydrogens (primary N) is 1. The van der Waals surface area contributed by atoms with Crippen molar-refractivity contribution in [2.24, 2.45) is 5.73 Å². The zero-order chi connectivity index (χ0) is 33.2. The summed E-state index contributed by atoms with van der Waals surface area (Å²) in [6.07, 6.45) is 4.05. The fourth-order valence-electron chi connectivity index (χ4n) is 4.07. The molecule has 44 heavy (non-hydrogen) atoms. The molecule has 0 saturated heterocycles. The number of terminal acetylenes is 1. The molecule has 2 aromatic rings. The van der Waals surface area contributed by atoms with E-state index in [1.54, 1.807) is 71.9 Å². The van der Waals surface area contributed by atoms with E-state index >= 15 is 0 Å². The average Bonchev–Trinajstić information content (AvgIpc) is 2.89. The fraction of sp³-hybridized carbons (Fsp3) is 0.406. The quantitative estimate of drug-likeness (QED) is 0.171. The highest BCUT2D eigenvalue weighted by atomic mass is 16.6. The van der Waals surface area contributed by atoms with Gasteiger partial charge in [-0.25, -0.2) is 9.59 Å². The maximum Gasteiger partial charge on any atom is 0.408 e. The van der Waals surface area contributed by atoms with Gasteiger partial charge in [-0.05, 0) is 53.2 Å². The number of amides is 4. The molecule has 0 aliphatic carbocycles. The number of nitrogens with one attached hydrogen (secondary N) is 2. The van der Waals surface area contributed by atoms with Crippen LogP contribution in [-0.2, 0) is 35.1 Å². The molecule has 3 atom stereocenters. The standard InChI is InChI=1S/C32H40N4O8/c1-8-36(28(40)22(19-25(33)38)35-30(42)44-32(5,6)7)26(21-16-12-13-17-24(21)37)27(39)34-23(29(41)43-31(2,3)4)18-20-14-10-9-11-15-20/h1,9-17,22-23,26,37H,18-19H2,2-7H3,(H2,33,38)(H,34,39)(H,35,42). The SMILES string of the molecule is C#CN(C(=O)C(CC(N)=O)NC(=O)OC(C)(C)C)C(C(=O)NC(Cc1ccccc1)C(=O)OC(C)(C)C)c1ccccc1O. The minimum Gasteiger partial charge on any atom is -0.508 e. The van der Waals surface area contributed by atoms with Crippen molar-refractivity contribution >= 4 is 29.8 Å². The summed E-state index contributed by atoms with van der Waals surface area (Å²) in [7, 11) is 0. The first-order valence-corrected chi connectivity index (χ1v) is 13.8. The van der Waals surface area contributed by atoms with Crippen LogP contribution in [0.15, 0.2) is 54.6 Å². The Labute approximate surface area is 257 Å². The Bertz CT molecular complexity index is 1390. The van der Waals surface area contributed by atoms with Crippen LogP contribution in [0.1, 0.15) is 65.1 Å². The number of alkyl carbamates (subject to hydrolysis) is 1. The highest BCUT2D eigenvalue weighted by Crippen LogP contribution is 2.30. The number of rotatable bonds is 11. The van der Waals surface area contributed by atoms with Crippen LogP contribution in [0.2, 0.25) is 0 Å². The number of benzene rings is 2. The Morgan fingerprint density at radius 1 is 0.886 bits per heavy atom. The molecule has 5 N–H and O–H groups in total. The highest BCUT2D eigenvalue weighted by Gasteiger charge is 2.39. The number of ether oxygens (including phenoxy) is 2. The van der Waals surface area contributed by atoms with Crippen molar-refractivity contribution in [1.29, 1.82) is 0 Å². The molecule has 0 aliphatic heterocycles. The van der Waals surface area contributed by atoms with E-state index < -0.39 is 65.5 Å². The summed E-state index contributed by atoms with van der Waals surface area (Å²) < 4.78 is 10.8. The molecule has 236 valence electrons. The van der Waals surface area contributed by atoms with E-state index in [2.05, 4.69) is 16.7 Å². The number of aromatic hydroxyl groups is 1. The Hall–Kier alpha value is -5.05. The van der Waals surface area contributed by atoms with Gasteiger partial charge in [0.15, 0.2) is 6.04 Å². The third-order valence-electron chi connectivity index (χ3n) is 5.80. The second-order valence-electron chi connectivity index (χ2n) is 12.0. The molecule has 4 amide bonds. The Kier molecular flexibility index (Phi) is 11.9. The molecule has 3 unspecified atom stereocenters. The van der Waals surface area contributed by atoms with Gasteiger partial charge in [0.05, 0.1) is 6.42 Å². The summed E-state index contributed by atoms with van der Waals surface area (Å²) in [5.41, 5.74) is 4.14. The van der Waals surface area contributed by atoms with Crippen LogP contribution >= 0.6 is 0 Å². The third kappa shape index (κ3) is 11.0. The van der Waals surface area contributed by atoms with Crippen molar-refractivity contribution in [2.75, 3.05) is 0 Å². The summed E-state index contributed by atoms with van der Waals surface area (Å²) in [5.74, 6) is -4.10. The topological polar surface area (TPSA) is 177 Å². The first-order chi connectivity index (χ1) is 20.4. The number of hydrogen-bond donors (Lipinski definition) is 4. The van der Waals surface area contributed by atoms with E-state index in [0.29, 0.717) is 10.5 Å². The number of carbonyl (C=O) groups excluding carboxylic acids is 5. The molecule has 0 spiro atoms. The summed E-state index contributed by atoms with van der Waals surface area (Å²) >= 11 is 0. The largest absolute Gasteiger partial charge is 0.508 e. The fourth-order valence-corrected chi connectivity index (χ4v) is 4.07. The van der Waals surface area contributed by atoms with E-state index in [-0.39, 0.29) is 17.7 Å². The minimum atomic E-state index is -1.72. The molecule has 12 nitrogen and oxygen atoms in total. The lowest BCUT2D eigenvalue weighted by Crippen LogP contribution is -2.54. The maximum absolute atomic E-state index is 14.0. The van der Waals surface area contributed by atoms with Crippen molar-refractivity contribution < 1.29 is 38.6 Å². The number of nitrogens with zero attached hydrogens (tertiary/aromatic N) is 1. The summed E-state index contributed by atoms with van der Waals surface area (Å²) in [4.78, 5) is 66.0. The first kappa shape index (κ1) is 35.1. The number of phenols is 1. The van der Waals surface area contributed by atoms with Crippen molar-refractivity contribution in [3.8, 4) is 18.2 Å². The van der Waals surface area contributed by atoms with Gasteiger partial charge in [-0.15, -0.1) is 0 Å². The monoisotopic (exact) mass is 608 g/mol. The van der Waals surface area contributed by atoms with Crippen molar-refractivity contribution in [1.82, 2.24) is 15.5 Å². The molecular weight excluding hydrogens is 568 g/mol. The van der Waals surface area contributed by atoms with Gasteiger partial charge in [0.2, 0.25) is 11.8 Å². The van der Waals surface area contributed by atoms with Crippen molar-refractivity contribution in [2.45, 2.75) is 83.7 Å². The first-order valence-electron chi connectivity index (χ1n) is 13.8. The molecule has 2 rings (SSSR count). The molecule has 0 aromatic heterocycles. The maximum atomic E-state index is 14.0. The van der Waals surface area contributed by atoms with Gasteiger partial charge in [0.25, 0.3) is 5.91 Å². The van der Waals surface area contributed by atoms with E-state index in [1.807, 2.05) is 0 Å². The molecule has 0 aliphatic rings. The van der Waals surface area contributed by atoms with Crippen LogP contribution in [0, 0.1) is 12.5 Å². The van der Waals surface area contributed by atoms with Crippen LogP contribution in [0.25, 0.3) is 0 Å². The Morgan fingerprint density at radius 2 is 1.45 bits per heavy atom. The van der Waals surface area contributed by atoms with Gasteiger partial charge < -0.3 is 30.9 Å². The zero-order valence-electron chi connectivity index (χ0n) is 25.7. The van der Waals surface area contributed by atoms with E-state index in [9.17, 15) is 29.1 Å². The van der Waals surface area contributed by atoms with Gasteiger partial charge in [0.1, 0.15) is 29.0 Å². The summed E-state index contributed by atoms with van der Waals surface area (Å²) in [6.45, 7) is 9.81. The highest BCUT2D eigenvalue weighted by molar-refractivity contribution is 5.96. The number of phenolic OH excluding ortho intramolecular Hbond substituents is 1. The molecule has 0 fully saturated rings. The lowest BCUT2D eigenvalue weighted by Gasteiger charge is -2.31. The second-order valence-corrected chi connectivity index (χ2v) is 12.0. The van der Waals surface area contributed by atoms with E-state index in [0.717, 1.165) is 0 Å². The molecule has 0 heterocycles. The normalized spacial score (nSPS) is 13.3. The zero-order valence-corrected chi connectivity index (χ0v) is 25.7. The molecule has 12 heteroatoms. The molecular formula is C32H40N4O8. The van der Waals surface area contributed by atoms with Gasteiger partial charge in [-0.2, -0.15) is 0 Å². The smallest absolute Gasteiger partial charge is 0.408 e. The van der Waals surface area contributed by atoms with Gasteiger partial charge in [-0.1, -0.05) is 55.0 Å². The van der Waals surface area contributed by atoms with Gasteiger partial charge in [-0.3, -0.25) is 19.3 Å². The number of primary amides is 1. The predicted octanol–water partition coefficient (Wildman–Crippen LogP) is 2.69. The second kappa shape index (κ2) is 14.9. The van der Waals surface area contributed by atoms with Crippen molar-refractivity contribution in [3.05, 3.63) is 65.7 Å². The lowest BCUT2D eigenvalue weighted by molar-refractivity contribution is -0.159. The van der Waals surface area contributed by atoms with Crippen molar-refractivity contribution in [3.63, 3.8) is 0 Å². The van der Waals surface area contributed by atoms with Crippen LogP contribution in [-0.4, -0.2) is 63.1 Å². The number of hydrogen-bond acceptors (Lipinski definition) is 8. The molecule has 0 saturated carbocycles. The van der Waals surface area contributed by atoms with E-state index in [1.165, 1.54) is 24.3 Å². The third-order valence-corrected chi connectivity index (χ3v) is 5.80. The van der Waals surface area contributed by atoms with Crippen LogP contribution in [0.4, 0.5) is 4.79 Å². The number of carbonyl (C=O) groups is 5. The Morgan fingerprint density at radius 3 is 1.98 bits per heavy atom. The summed E-state index contributed by atoms with van der Waals surface area (Å²) in [5, 5.41) is 15.6. The summed E-state index contributed by atoms with van der Waals surface area (Å²) in [6, 6.07) is 12.0. The minimum absolute atomic E-state index is 0.0312. The predicted molar refractivity (Wildman–Crippen MR) is 161 cm³/mol. The van der Waals surface area contributed by atoms with Crippen LogP contribution in [0.3, 0.4) is 0 Å². The van der Waals surface area contributed by atoms with Gasteiger partial charge in [0, 0.05) is 18.0 Å². The van der Waals surface area contributed by atoms with Crippen LogP contribution in [0.5, 0.6) is 5.75 Å². The molecule has 0 bridgehead atoms. The van der Waals surface area contributed by atoms with Crippen LogP contribution < -0.4 is 16.4 Å². The Balaban J connectivity index is 2.55. The lowest BCUT2D eigenvalue weighted by atomic mass is 10.00. The molecule has 0 radical (unpaired) electrons. The number of para-hydroxylation sites is 1. The molecule has 2 aromatic carbocycles. The van der Waals surface area contributed by atoms with Gasteiger partial charge >= 0.3 is 12.1 Å². The van der Waals surface area contributed by atoms with E-state index in [4.69, 9.17) is 21.6 Å². The average molecular weight is 609 g/mol.